The lowest BCUT2D eigenvalue weighted by atomic mass is 9.95. The molecule has 0 spiro atoms. The Kier molecular flexibility index (Phi) is 4.32. The molecule has 0 radical (unpaired) electrons. The van der Waals surface area contributed by atoms with Gasteiger partial charge in [0.15, 0.2) is 0 Å². The molecule has 1 aromatic carbocycles. The van der Waals surface area contributed by atoms with Gasteiger partial charge in [0.1, 0.15) is 11.9 Å². The first-order valence-electron chi connectivity index (χ1n) is 6.64. The third-order valence-electron chi connectivity index (χ3n) is 3.42. The van der Waals surface area contributed by atoms with Crippen LogP contribution in [0.2, 0.25) is 0 Å². The SMILES string of the molecule is COc1ccc(C(C)C)c(C2NC=CN2CCO)c1. The summed E-state index contributed by atoms with van der Waals surface area (Å²) in [6.45, 7) is 5.13. The number of rotatable bonds is 5. The first-order valence-corrected chi connectivity index (χ1v) is 6.64. The summed E-state index contributed by atoms with van der Waals surface area (Å²) >= 11 is 0. The lowest BCUT2D eigenvalue weighted by molar-refractivity contribution is 0.202. The van der Waals surface area contributed by atoms with E-state index < -0.39 is 0 Å². The Morgan fingerprint density at radius 2 is 2.21 bits per heavy atom. The van der Waals surface area contributed by atoms with Crippen LogP contribution >= 0.6 is 0 Å². The Morgan fingerprint density at radius 1 is 1.42 bits per heavy atom. The molecule has 0 amide bonds. The highest BCUT2D eigenvalue weighted by atomic mass is 16.5. The molecule has 104 valence electrons. The predicted octanol–water partition coefficient (Wildman–Crippen LogP) is 2.19. The molecular weight excluding hydrogens is 240 g/mol. The van der Waals surface area contributed by atoms with Gasteiger partial charge in [0.25, 0.3) is 0 Å². The van der Waals surface area contributed by atoms with Crippen LogP contribution in [-0.2, 0) is 0 Å². The normalized spacial score (nSPS) is 17.9. The van der Waals surface area contributed by atoms with E-state index in [4.69, 9.17) is 9.84 Å². The Bertz CT molecular complexity index is 457. The molecule has 0 saturated heterocycles. The molecule has 4 nitrogen and oxygen atoms in total. The summed E-state index contributed by atoms with van der Waals surface area (Å²) in [6.07, 6.45) is 3.97. The number of nitrogens with one attached hydrogen (secondary N) is 1. The van der Waals surface area contributed by atoms with Crippen LogP contribution < -0.4 is 10.1 Å². The Balaban J connectivity index is 2.36. The number of hydrogen-bond donors (Lipinski definition) is 2. The predicted molar refractivity (Wildman–Crippen MR) is 75.9 cm³/mol. The van der Waals surface area contributed by atoms with Crippen LogP contribution in [0.5, 0.6) is 5.75 Å². The van der Waals surface area contributed by atoms with Crippen molar-refractivity contribution in [3.05, 3.63) is 41.7 Å². The number of hydrogen-bond acceptors (Lipinski definition) is 4. The monoisotopic (exact) mass is 262 g/mol. The number of ether oxygens (including phenoxy) is 1. The van der Waals surface area contributed by atoms with Gasteiger partial charge in [-0.05, 0) is 23.6 Å². The lowest BCUT2D eigenvalue weighted by Gasteiger charge is -2.28. The topological polar surface area (TPSA) is 44.7 Å². The Labute approximate surface area is 114 Å². The van der Waals surface area contributed by atoms with E-state index in [1.54, 1.807) is 7.11 Å². The smallest absolute Gasteiger partial charge is 0.125 e. The summed E-state index contributed by atoms with van der Waals surface area (Å²) in [5.41, 5.74) is 2.50. The first kappa shape index (κ1) is 13.7. The van der Waals surface area contributed by atoms with Gasteiger partial charge in [-0.1, -0.05) is 19.9 Å². The van der Waals surface area contributed by atoms with Crippen LogP contribution in [0, 0.1) is 0 Å². The maximum atomic E-state index is 9.14. The molecule has 1 heterocycles. The lowest BCUT2D eigenvalue weighted by Crippen LogP contribution is -2.30. The van der Waals surface area contributed by atoms with Crippen molar-refractivity contribution in [2.45, 2.75) is 25.9 Å². The van der Waals surface area contributed by atoms with Gasteiger partial charge in [-0.2, -0.15) is 0 Å². The fraction of sp³-hybridized carbons (Fsp3) is 0.467. The van der Waals surface area contributed by atoms with Crippen molar-refractivity contribution in [3.8, 4) is 5.75 Å². The number of β-amino-alcohol motifs (C(OH)–C–C–N with tert-alkyl or cyclic N) is 1. The van der Waals surface area contributed by atoms with E-state index in [9.17, 15) is 0 Å². The molecule has 1 atom stereocenters. The third kappa shape index (κ3) is 2.84. The largest absolute Gasteiger partial charge is 0.497 e. The van der Waals surface area contributed by atoms with Crippen molar-refractivity contribution in [2.75, 3.05) is 20.3 Å². The molecule has 0 aliphatic carbocycles. The second kappa shape index (κ2) is 5.97. The average Bonchev–Trinajstić information content (AvgIpc) is 2.86. The molecule has 4 heteroatoms. The van der Waals surface area contributed by atoms with Crippen molar-refractivity contribution in [3.63, 3.8) is 0 Å². The van der Waals surface area contributed by atoms with Gasteiger partial charge in [-0.3, -0.25) is 0 Å². The zero-order valence-corrected chi connectivity index (χ0v) is 11.8. The van der Waals surface area contributed by atoms with Gasteiger partial charge >= 0.3 is 0 Å². The van der Waals surface area contributed by atoms with E-state index in [-0.39, 0.29) is 12.8 Å². The molecule has 2 rings (SSSR count). The molecule has 2 N–H and O–H groups in total. The summed E-state index contributed by atoms with van der Waals surface area (Å²) in [4.78, 5) is 2.10. The van der Waals surface area contributed by atoms with Gasteiger partial charge in [0.2, 0.25) is 0 Å². The van der Waals surface area contributed by atoms with Gasteiger partial charge in [0, 0.05) is 24.5 Å². The van der Waals surface area contributed by atoms with E-state index >= 15 is 0 Å². The minimum Gasteiger partial charge on any atom is -0.497 e. The van der Waals surface area contributed by atoms with E-state index in [0.29, 0.717) is 12.5 Å². The quantitative estimate of drug-likeness (QED) is 0.854. The van der Waals surface area contributed by atoms with Crippen LogP contribution in [0.15, 0.2) is 30.6 Å². The molecule has 0 saturated carbocycles. The van der Waals surface area contributed by atoms with Crippen molar-refractivity contribution in [1.29, 1.82) is 0 Å². The minimum absolute atomic E-state index is 0.0691. The zero-order chi connectivity index (χ0) is 13.8. The summed E-state index contributed by atoms with van der Waals surface area (Å²) in [6, 6.07) is 6.19. The highest BCUT2D eigenvalue weighted by Crippen LogP contribution is 2.32. The molecule has 0 aromatic heterocycles. The van der Waals surface area contributed by atoms with E-state index in [1.165, 1.54) is 11.1 Å². The van der Waals surface area contributed by atoms with Crippen LogP contribution in [0.1, 0.15) is 37.1 Å². The first-order chi connectivity index (χ1) is 9.17. The van der Waals surface area contributed by atoms with Crippen LogP contribution in [-0.4, -0.2) is 30.3 Å². The van der Waals surface area contributed by atoms with Gasteiger partial charge in [0.05, 0.1) is 13.7 Å². The summed E-state index contributed by atoms with van der Waals surface area (Å²) in [5.74, 6) is 1.30. The zero-order valence-electron chi connectivity index (χ0n) is 11.8. The Morgan fingerprint density at radius 3 is 2.84 bits per heavy atom. The maximum Gasteiger partial charge on any atom is 0.125 e. The van der Waals surface area contributed by atoms with Crippen LogP contribution in [0.3, 0.4) is 0 Å². The average molecular weight is 262 g/mol. The molecule has 19 heavy (non-hydrogen) atoms. The number of aliphatic hydroxyl groups is 1. The highest BCUT2D eigenvalue weighted by molar-refractivity contribution is 5.40. The highest BCUT2D eigenvalue weighted by Gasteiger charge is 2.24. The standard InChI is InChI=1S/C15H22N2O2/c1-11(2)13-5-4-12(19-3)10-14(13)15-16-6-7-17(15)8-9-18/h4-7,10-11,15-16,18H,8-9H2,1-3H3. The molecule has 0 fully saturated rings. The second-order valence-electron chi connectivity index (χ2n) is 5.00. The van der Waals surface area contributed by atoms with E-state index in [1.807, 2.05) is 18.5 Å². The van der Waals surface area contributed by atoms with Crippen molar-refractivity contribution in [1.82, 2.24) is 10.2 Å². The van der Waals surface area contributed by atoms with Gasteiger partial charge < -0.3 is 20.1 Å². The van der Waals surface area contributed by atoms with Crippen LogP contribution in [0.25, 0.3) is 0 Å². The number of aliphatic hydroxyl groups excluding tert-OH is 1. The van der Waals surface area contributed by atoms with Crippen molar-refractivity contribution in [2.24, 2.45) is 0 Å². The second-order valence-corrected chi connectivity index (χ2v) is 5.00. The molecular formula is C15H22N2O2. The van der Waals surface area contributed by atoms with Crippen molar-refractivity contribution < 1.29 is 9.84 Å². The minimum atomic E-state index is 0.0691. The molecule has 1 unspecified atom stereocenters. The molecule has 0 bridgehead atoms. The van der Waals surface area contributed by atoms with Gasteiger partial charge in [-0.25, -0.2) is 0 Å². The number of methoxy groups -OCH3 is 1. The summed E-state index contributed by atoms with van der Waals surface area (Å²) in [7, 11) is 1.68. The molecule has 1 aliphatic rings. The van der Waals surface area contributed by atoms with E-state index in [0.717, 1.165) is 5.75 Å². The third-order valence-corrected chi connectivity index (χ3v) is 3.42. The van der Waals surface area contributed by atoms with E-state index in [2.05, 4.69) is 36.2 Å². The fourth-order valence-corrected chi connectivity index (χ4v) is 2.44. The van der Waals surface area contributed by atoms with Crippen LogP contribution in [0.4, 0.5) is 0 Å². The summed E-state index contributed by atoms with van der Waals surface area (Å²) in [5, 5.41) is 12.5. The fourth-order valence-electron chi connectivity index (χ4n) is 2.44. The van der Waals surface area contributed by atoms with Crippen molar-refractivity contribution >= 4 is 0 Å². The molecule has 1 aliphatic heterocycles. The Hall–Kier alpha value is -1.68. The number of benzene rings is 1. The molecule has 1 aromatic rings. The number of nitrogens with zero attached hydrogens (tertiary/aromatic N) is 1. The summed E-state index contributed by atoms with van der Waals surface area (Å²) < 4.78 is 5.33. The maximum absolute atomic E-state index is 9.14. The van der Waals surface area contributed by atoms with Gasteiger partial charge in [-0.15, -0.1) is 0 Å².